The van der Waals surface area contributed by atoms with Crippen LogP contribution in [0.25, 0.3) is 0 Å². The van der Waals surface area contributed by atoms with E-state index in [1.165, 1.54) is 11.8 Å². The second kappa shape index (κ2) is 28.8. The molecule has 8 aromatic rings. The summed E-state index contributed by atoms with van der Waals surface area (Å²) in [6, 6.07) is 70.4. The first-order chi connectivity index (χ1) is 41.3. The molecule has 0 aliphatic carbocycles. The van der Waals surface area contributed by atoms with Gasteiger partial charge in [-0.3, -0.25) is 14.5 Å². The fourth-order valence-electron chi connectivity index (χ4n) is 10.6. The van der Waals surface area contributed by atoms with E-state index in [0.29, 0.717) is 12.2 Å². The summed E-state index contributed by atoms with van der Waals surface area (Å²) in [6.07, 6.45) is -8.43. The molecular weight excluding hydrogens is 1080 g/mol. The van der Waals surface area contributed by atoms with Crippen LogP contribution in [0, 0.1) is 0 Å². The Hall–Kier alpha value is -7.64. The van der Waals surface area contributed by atoms with Crippen molar-refractivity contribution in [1.29, 1.82) is 0 Å². The summed E-state index contributed by atoms with van der Waals surface area (Å²) in [6.45, 7) is 1.09. The molecule has 0 bridgehead atoms. The third-order valence-electron chi connectivity index (χ3n) is 14.8. The Morgan fingerprint density at radius 2 is 0.869 bits per heavy atom. The van der Waals surface area contributed by atoms with Crippen molar-refractivity contribution in [2.45, 2.75) is 105 Å². The van der Waals surface area contributed by atoms with Crippen LogP contribution >= 0.6 is 11.8 Å². The van der Waals surface area contributed by atoms with Crippen molar-refractivity contribution in [3.8, 4) is 0 Å². The van der Waals surface area contributed by atoms with Gasteiger partial charge in [0.1, 0.15) is 48.1 Å². The molecule has 3 heterocycles. The lowest BCUT2D eigenvalue weighted by molar-refractivity contribution is -0.284. The van der Waals surface area contributed by atoms with Gasteiger partial charge in [0.2, 0.25) is 0 Å². The van der Waals surface area contributed by atoms with Gasteiger partial charge in [0.15, 0.2) is 12.4 Å². The van der Waals surface area contributed by atoms with Gasteiger partial charge < -0.3 is 47.7 Å². The lowest BCUT2D eigenvalue weighted by Crippen LogP contribution is -2.66. The Labute approximate surface area is 493 Å². The second-order valence-electron chi connectivity index (χ2n) is 20.7. The van der Waals surface area contributed by atoms with Gasteiger partial charge in [-0.2, -0.15) is 0 Å². The van der Waals surface area contributed by atoms with Crippen LogP contribution in [0.2, 0.25) is 0 Å². The number of carbonyl (C=O) groups is 3. The molecule has 430 valence electrons. The predicted molar refractivity (Wildman–Crippen MR) is 314 cm³/mol. The molecule has 84 heavy (non-hydrogen) atoms. The average Bonchev–Trinajstić information content (AvgIpc) is 3.44. The highest BCUT2D eigenvalue weighted by atomic mass is 32.2. The summed E-state index contributed by atoms with van der Waals surface area (Å²) < 4.78 is 59.9. The van der Waals surface area contributed by atoms with E-state index in [9.17, 15) is 19.5 Å². The highest BCUT2D eigenvalue weighted by Gasteiger charge is 2.56. The maximum absolute atomic E-state index is 14.9. The van der Waals surface area contributed by atoms with Gasteiger partial charge in [-0.15, -0.1) is 0 Å². The summed E-state index contributed by atoms with van der Waals surface area (Å²) in [4.78, 5) is 45.6. The van der Waals surface area contributed by atoms with Crippen molar-refractivity contribution in [3.05, 3.63) is 281 Å². The first-order valence-electron chi connectivity index (χ1n) is 28.1. The van der Waals surface area contributed by atoms with Gasteiger partial charge in [0.05, 0.1) is 69.5 Å². The Kier molecular flexibility index (Phi) is 19.9. The number of imide groups is 1. The smallest absolute Gasteiger partial charge is 0.338 e. The summed E-state index contributed by atoms with van der Waals surface area (Å²) in [7, 11) is 0. The molecule has 2 fully saturated rings. The molecule has 1 N–H and O–H groups in total. The predicted octanol–water partition coefficient (Wildman–Crippen LogP) is 11.2. The third kappa shape index (κ3) is 14.6. The van der Waals surface area contributed by atoms with Gasteiger partial charge in [-0.1, -0.05) is 206 Å². The minimum absolute atomic E-state index is 0.000927. The number of benzene rings is 8. The number of rotatable bonds is 25. The molecule has 0 aromatic heterocycles. The van der Waals surface area contributed by atoms with Crippen LogP contribution in [0.3, 0.4) is 0 Å². The zero-order valence-electron chi connectivity index (χ0n) is 46.1. The van der Waals surface area contributed by atoms with Crippen molar-refractivity contribution < 1.29 is 62.1 Å². The molecule has 0 unspecified atom stereocenters. The first-order valence-corrected chi connectivity index (χ1v) is 29.0. The van der Waals surface area contributed by atoms with Gasteiger partial charge >= 0.3 is 5.97 Å². The molecule has 2 amide bonds. The van der Waals surface area contributed by atoms with Crippen LogP contribution < -0.4 is 0 Å². The molecule has 2 saturated heterocycles. The largest absolute Gasteiger partial charge is 0.453 e. The number of carbonyl (C=O) groups excluding carboxylic acids is 3. The zero-order chi connectivity index (χ0) is 57.5. The van der Waals surface area contributed by atoms with Gasteiger partial charge in [0, 0.05) is 4.90 Å². The summed E-state index contributed by atoms with van der Waals surface area (Å²) in [5.74, 6) is -2.14. The van der Waals surface area contributed by atoms with E-state index in [0.717, 1.165) is 37.6 Å². The number of amides is 2. The summed E-state index contributed by atoms with van der Waals surface area (Å²) in [5.41, 5.74) is 5.00. The van der Waals surface area contributed by atoms with E-state index < -0.39 is 78.3 Å². The van der Waals surface area contributed by atoms with Gasteiger partial charge in [-0.05, 0) is 69.8 Å². The molecule has 15 heteroatoms. The van der Waals surface area contributed by atoms with Crippen LogP contribution in [0.4, 0.5) is 0 Å². The number of aliphatic hydroxyl groups is 1. The number of esters is 1. The van der Waals surface area contributed by atoms with Crippen molar-refractivity contribution >= 4 is 29.5 Å². The van der Waals surface area contributed by atoms with Crippen molar-refractivity contribution in [1.82, 2.24) is 4.90 Å². The normalized spacial score (nSPS) is 23.0. The van der Waals surface area contributed by atoms with E-state index in [2.05, 4.69) is 0 Å². The Morgan fingerprint density at radius 1 is 0.440 bits per heavy atom. The molecular formula is C69H65NO13S. The van der Waals surface area contributed by atoms with Gasteiger partial charge in [-0.25, -0.2) is 4.79 Å². The molecule has 3 aliphatic heterocycles. The van der Waals surface area contributed by atoms with E-state index >= 15 is 0 Å². The summed E-state index contributed by atoms with van der Waals surface area (Å²) in [5, 5.41) is 12.4. The van der Waals surface area contributed by atoms with E-state index in [1.54, 1.807) is 42.5 Å². The third-order valence-corrected chi connectivity index (χ3v) is 16.0. The van der Waals surface area contributed by atoms with Gasteiger partial charge in [0.25, 0.3) is 11.8 Å². The maximum Gasteiger partial charge on any atom is 0.338 e. The van der Waals surface area contributed by atoms with E-state index in [-0.39, 0.29) is 62.9 Å². The lowest BCUT2D eigenvalue weighted by Gasteiger charge is -2.46. The highest BCUT2D eigenvalue weighted by Crippen LogP contribution is 2.40. The zero-order valence-corrected chi connectivity index (χ0v) is 46.9. The van der Waals surface area contributed by atoms with Crippen LogP contribution in [0.5, 0.6) is 0 Å². The lowest BCUT2D eigenvalue weighted by atomic mass is 9.95. The number of thioether (sulfide) groups is 1. The minimum atomic E-state index is -1.61. The second-order valence-corrected chi connectivity index (χ2v) is 21.9. The standard InChI is InChI=1S/C69H65NO13S/c71-60-57(45-75-39-47-22-7-1-8-23-47)81-68(80-43-51-30-15-5-16-31-51)59(70-65(72)55-36-19-20-37-56(55)66(70)73)62(60)83-67(74)53-33-21-32-52(38-53)44-79-64-63(78-42-50-28-13-4-14-29-50)61(77-41-49-26-11-3-12-27-49)58(46-76-40-48-24-9-2-10-25-48)82-69(64)84-54-34-17-6-18-35-54/h1-38,57-64,68-69,71H,39-46H2/t57-,58-,59-,60-,61-,62-,63+,64-,68-,69+/m1/s1. The van der Waals surface area contributed by atoms with Crippen LogP contribution in [0.15, 0.2) is 235 Å². The molecule has 10 atom stereocenters. The van der Waals surface area contributed by atoms with Crippen LogP contribution in [-0.4, -0.2) is 101 Å². The van der Waals surface area contributed by atoms with E-state index in [4.69, 9.17) is 42.6 Å². The molecule has 3 aliphatic rings. The van der Waals surface area contributed by atoms with Crippen LogP contribution in [-0.2, 0) is 82.3 Å². The minimum Gasteiger partial charge on any atom is -0.453 e. The molecule has 0 spiro atoms. The Bertz CT molecular complexity index is 3330. The summed E-state index contributed by atoms with van der Waals surface area (Å²) >= 11 is 1.51. The molecule has 8 aromatic carbocycles. The molecule has 0 radical (unpaired) electrons. The molecule has 14 nitrogen and oxygen atoms in total. The SMILES string of the molecule is O=C(O[C@H]1[C@H](O)[C@@H](COCc2ccccc2)O[C@@H](OCc2ccccc2)[C@@H]1N1C(=O)c2ccccc2C1=O)c1cccc(CO[C@@H]2[C@@H](OCc3ccccc3)[C@H](OCc3ccccc3)[C@@H](COCc3ccccc3)O[C@H]2Sc2ccccc2)c1. The van der Waals surface area contributed by atoms with Crippen molar-refractivity contribution in [3.63, 3.8) is 0 Å². The number of hydrogen-bond acceptors (Lipinski definition) is 14. The fourth-order valence-corrected chi connectivity index (χ4v) is 11.7. The quantitative estimate of drug-likeness (QED) is 0.0426. The molecule has 11 rings (SSSR count). The Balaban J connectivity index is 0.888. The monoisotopic (exact) mass is 1150 g/mol. The van der Waals surface area contributed by atoms with E-state index in [1.807, 2.05) is 188 Å². The number of fused-ring (bicyclic) bond motifs is 1. The maximum atomic E-state index is 14.9. The Morgan fingerprint density at radius 3 is 1.40 bits per heavy atom. The number of aliphatic hydroxyl groups excluding tert-OH is 1. The highest BCUT2D eigenvalue weighted by molar-refractivity contribution is 7.99. The molecule has 0 saturated carbocycles. The fraction of sp³-hybridized carbons (Fsp3) is 0.261. The average molecular weight is 1150 g/mol. The van der Waals surface area contributed by atoms with Crippen molar-refractivity contribution in [2.24, 2.45) is 0 Å². The number of nitrogens with zero attached hydrogens (tertiary/aromatic N) is 1. The number of hydrogen-bond donors (Lipinski definition) is 1. The van der Waals surface area contributed by atoms with Crippen LogP contribution in [0.1, 0.15) is 64.5 Å². The van der Waals surface area contributed by atoms with Crippen molar-refractivity contribution in [2.75, 3.05) is 13.2 Å². The topological polar surface area (TPSA) is 158 Å². The number of ether oxygens (including phenoxy) is 9. The first kappa shape index (κ1) is 58.1.